The van der Waals surface area contributed by atoms with Gasteiger partial charge >= 0.3 is 0 Å². The maximum atomic E-state index is 14.2. The van der Waals surface area contributed by atoms with Gasteiger partial charge in [-0.25, -0.2) is 4.39 Å². The average Bonchev–Trinajstić information content (AvgIpc) is 2.65. The van der Waals surface area contributed by atoms with Crippen LogP contribution in [0, 0.1) is 17.1 Å². The summed E-state index contributed by atoms with van der Waals surface area (Å²) in [4.78, 5) is 2.50. The van der Waals surface area contributed by atoms with Crippen molar-refractivity contribution in [3.8, 4) is 6.07 Å². The number of ether oxygens (including phenoxy) is 1. The van der Waals surface area contributed by atoms with Crippen LogP contribution in [0.3, 0.4) is 0 Å². The number of benzene rings is 2. The van der Waals surface area contributed by atoms with Crippen LogP contribution in [0.2, 0.25) is 0 Å². The molecule has 4 heteroatoms. The first-order chi connectivity index (χ1) is 12.7. The highest BCUT2D eigenvalue weighted by Crippen LogP contribution is 2.30. The van der Waals surface area contributed by atoms with Gasteiger partial charge in [0.1, 0.15) is 5.82 Å². The molecule has 0 amide bonds. The van der Waals surface area contributed by atoms with Gasteiger partial charge in [-0.15, -0.1) is 0 Å². The number of fused-ring (bicyclic) bond motifs is 2. The van der Waals surface area contributed by atoms with Gasteiger partial charge in [0.05, 0.1) is 30.9 Å². The topological polar surface area (TPSA) is 36.3 Å². The highest BCUT2D eigenvalue weighted by molar-refractivity contribution is 5.35. The molecule has 3 nitrogen and oxygen atoms in total. The summed E-state index contributed by atoms with van der Waals surface area (Å²) in [6, 6.07) is 17.8. The molecule has 2 aromatic carbocycles. The van der Waals surface area contributed by atoms with Crippen molar-refractivity contribution in [1.29, 1.82) is 5.26 Å². The molecule has 2 aromatic rings. The van der Waals surface area contributed by atoms with Crippen LogP contribution in [0.25, 0.3) is 0 Å². The average molecular weight is 348 g/mol. The summed E-state index contributed by atoms with van der Waals surface area (Å²) in [5.74, 6) is -0.293. The van der Waals surface area contributed by atoms with E-state index >= 15 is 0 Å². The number of nitrogens with zero attached hydrogens (tertiary/aromatic N) is 2. The van der Waals surface area contributed by atoms with Gasteiger partial charge in [0, 0.05) is 12.6 Å². The summed E-state index contributed by atoms with van der Waals surface area (Å²) >= 11 is 0. The largest absolute Gasteiger partial charge is 0.378 e. The lowest BCUT2D eigenvalue weighted by Gasteiger charge is -2.45. The van der Waals surface area contributed by atoms with Crippen molar-refractivity contribution in [2.24, 2.45) is 0 Å². The van der Waals surface area contributed by atoms with Gasteiger partial charge in [0.25, 0.3) is 0 Å². The zero-order chi connectivity index (χ0) is 17.9. The highest BCUT2D eigenvalue weighted by Gasteiger charge is 2.34. The van der Waals surface area contributed by atoms with E-state index in [2.05, 4.69) is 35.2 Å². The van der Waals surface area contributed by atoms with Crippen LogP contribution in [0.4, 0.5) is 4.39 Å². The molecule has 2 aliphatic rings. The lowest BCUT2D eigenvalue weighted by atomic mass is 9.89. The van der Waals surface area contributed by atoms with E-state index in [9.17, 15) is 4.39 Å². The maximum Gasteiger partial charge on any atom is 0.128 e. The molecule has 0 aliphatic carbocycles. The van der Waals surface area contributed by atoms with E-state index < -0.39 is 0 Å². The SMILES string of the molecule is N#Cc1ccc(CC2=CC3COCC(C2)N3Cc2ccccc2)c(F)c1. The number of morpholine rings is 1. The molecule has 0 saturated carbocycles. The zero-order valence-corrected chi connectivity index (χ0v) is 14.6. The molecule has 0 N–H and O–H groups in total. The van der Waals surface area contributed by atoms with Crippen LogP contribution in [-0.4, -0.2) is 30.2 Å². The zero-order valence-electron chi connectivity index (χ0n) is 14.6. The Morgan fingerprint density at radius 1 is 1.15 bits per heavy atom. The van der Waals surface area contributed by atoms with Gasteiger partial charge in [-0.3, -0.25) is 4.90 Å². The van der Waals surface area contributed by atoms with Crippen molar-refractivity contribution >= 4 is 0 Å². The first kappa shape index (κ1) is 17.0. The molecular weight excluding hydrogens is 327 g/mol. The quantitative estimate of drug-likeness (QED) is 0.788. The van der Waals surface area contributed by atoms with Crippen molar-refractivity contribution in [2.75, 3.05) is 13.2 Å². The molecule has 0 radical (unpaired) electrons. The summed E-state index contributed by atoms with van der Waals surface area (Å²) in [5, 5.41) is 8.89. The predicted octanol–water partition coefficient (Wildman–Crippen LogP) is 3.84. The van der Waals surface area contributed by atoms with E-state index in [-0.39, 0.29) is 11.9 Å². The van der Waals surface area contributed by atoms with Crippen molar-refractivity contribution < 1.29 is 9.13 Å². The van der Waals surface area contributed by atoms with Gasteiger partial charge < -0.3 is 4.74 Å². The third kappa shape index (κ3) is 3.55. The standard InChI is InChI=1S/C22H21FN2O/c23-22-11-17(12-24)6-7-19(22)8-18-9-20-14-26-15-21(10-18)25(20)13-16-4-2-1-3-5-16/h1-7,9,11,20-21H,8,10,13-15H2. The lowest BCUT2D eigenvalue weighted by molar-refractivity contribution is -0.0440. The lowest BCUT2D eigenvalue weighted by Crippen LogP contribution is -2.53. The molecule has 2 atom stereocenters. The normalized spacial score (nSPS) is 22.5. The van der Waals surface area contributed by atoms with Crippen molar-refractivity contribution in [3.05, 3.63) is 82.7 Å². The third-order valence-electron chi connectivity index (χ3n) is 5.23. The van der Waals surface area contributed by atoms with Crippen molar-refractivity contribution in [1.82, 2.24) is 4.90 Å². The van der Waals surface area contributed by atoms with Gasteiger partial charge in [-0.2, -0.15) is 5.26 Å². The minimum absolute atomic E-state index is 0.235. The number of hydrogen-bond acceptors (Lipinski definition) is 3. The van der Waals surface area contributed by atoms with Gasteiger partial charge in [0.15, 0.2) is 0 Å². The van der Waals surface area contributed by atoms with Crippen LogP contribution < -0.4 is 0 Å². The molecule has 2 heterocycles. The molecule has 4 rings (SSSR count). The molecule has 2 bridgehead atoms. The first-order valence-electron chi connectivity index (χ1n) is 8.98. The summed E-state index contributed by atoms with van der Waals surface area (Å²) in [6.45, 7) is 2.31. The van der Waals surface area contributed by atoms with E-state index in [1.165, 1.54) is 17.2 Å². The van der Waals surface area contributed by atoms with E-state index in [1.807, 2.05) is 12.1 Å². The number of rotatable bonds is 4. The van der Waals surface area contributed by atoms with Crippen LogP contribution in [0.5, 0.6) is 0 Å². The Kier molecular flexibility index (Phi) is 4.83. The predicted molar refractivity (Wildman–Crippen MR) is 97.9 cm³/mol. The molecular formula is C22H21FN2O. The van der Waals surface area contributed by atoms with Crippen LogP contribution >= 0.6 is 0 Å². The van der Waals surface area contributed by atoms with Crippen LogP contribution in [-0.2, 0) is 17.7 Å². The van der Waals surface area contributed by atoms with Crippen molar-refractivity contribution in [2.45, 2.75) is 31.5 Å². The Balaban J connectivity index is 1.52. The second kappa shape index (κ2) is 7.41. The van der Waals surface area contributed by atoms with Gasteiger partial charge in [-0.1, -0.05) is 48.0 Å². The number of hydrogen-bond donors (Lipinski definition) is 0. The van der Waals surface area contributed by atoms with Crippen LogP contribution in [0.1, 0.15) is 23.1 Å². The van der Waals surface area contributed by atoms with Gasteiger partial charge in [0.2, 0.25) is 0 Å². The summed E-state index contributed by atoms with van der Waals surface area (Å²) in [6.07, 6.45) is 3.74. The second-order valence-corrected chi connectivity index (χ2v) is 7.04. The smallest absolute Gasteiger partial charge is 0.128 e. The fourth-order valence-corrected chi connectivity index (χ4v) is 3.93. The van der Waals surface area contributed by atoms with E-state index in [0.29, 0.717) is 30.2 Å². The Bertz CT molecular complexity index is 856. The molecule has 2 aliphatic heterocycles. The molecule has 132 valence electrons. The third-order valence-corrected chi connectivity index (χ3v) is 5.23. The monoisotopic (exact) mass is 348 g/mol. The fourth-order valence-electron chi connectivity index (χ4n) is 3.93. The first-order valence-corrected chi connectivity index (χ1v) is 8.98. The minimum atomic E-state index is -0.293. The molecule has 0 spiro atoms. The highest BCUT2D eigenvalue weighted by atomic mass is 19.1. The van der Waals surface area contributed by atoms with Crippen molar-refractivity contribution in [3.63, 3.8) is 0 Å². The maximum absolute atomic E-state index is 14.2. The molecule has 26 heavy (non-hydrogen) atoms. The van der Waals surface area contributed by atoms with E-state index in [4.69, 9.17) is 10.00 Å². The van der Waals surface area contributed by atoms with E-state index in [0.717, 1.165) is 19.6 Å². The minimum Gasteiger partial charge on any atom is -0.378 e. The second-order valence-electron chi connectivity index (χ2n) is 7.04. The fraction of sp³-hybridized carbons (Fsp3) is 0.318. The molecule has 2 unspecified atom stereocenters. The summed E-state index contributed by atoms with van der Waals surface area (Å²) in [7, 11) is 0. The van der Waals surface area contributed by atoms with E-state index in [1.54, 1.807) is 12.1 Å². The molecule has 1 fully saturated rings. The van der Waals surface area contributed by atoms with Gasteiger partial charge in [-0.05, 0) is 36.1 Å². The Labute approximate surface area is 153 Å². The summed E-state index contributed by atoms with van der Waals surface area (Å²) in [5.41, 5.74) is 3.59. The number of halogens is 1. The Morgan fingerprint density at radius 3 is 2.73 bits per heavy atom. The Hall–Kier alpha value is -2.48. The molecule has 0 aromatic heterocycles. The van der Waals surface area contributed by atoms with Crippen LogP contribution in [0.15, 0.2) is 60.2 Å². The summed E-state index contributed by atoms with van der Waals surface area (Å²) < 4.78 is 20.0. The Morgan fingerprint density at radius 2 is 2.00 bits per heavy atom. The number of nitriles is 1. The molecule has 1 saturated heterocycles.